The Labute approximate surface area is 102 Å². The fourth-order valence-corrected chi connectivity index (χ4v) is 4.59. The Balaban J connectivity index is 2.28. The van der Waals surface area contributed by atoms with Crippen molar-refractivity contribution < 1.29 is 4.79 Å². The van der Waals surface area contributed by atoms with Crippen molar-refractivity contribution in [3.8, 4) is 0 Å². The van der Waals surface area contributed by atoms with E-state index in [0.717, 1.165) is 18.6 Å². The number of Topliss-reactive ketones (excluding diaryl/α,β-unsaturated/α-hetero) is 1. The molecule has 1 nitrogen and oxygen atoms in total. The van der Waals surface area contributed by atoms with Gasteiger partial charge in [-0.2, -0.15) is 11.8 Å². The van der Waals surface area contributed by atoms with E-state index < -0.39 is 0 Å². The van der Waals surface area contributed by atoms with E-state index in [4.69, 9.17) is 0 Å². The van der Waals surface area contributed by atoms with Crippen LogP contribution in [0.3, 0.4) is 0 Å². The molecule has 0 saturated carbocycles. The van der Waals surface area contributed by atoms with Gasteiger partial charge in [0.15, 0.2) is 0 Å². The van der Waals surface area contributed by atoms with Gasteiger partial charge >= 0.3 is 0 Å². The van der Waals surface area contributed by atoms with Gasteiger partial charge in [-0.05, 0) is 6.42 Å². The first-order valence-electron chi connectivity index (χ1n) is 5.95. The quantitative estimate of drug-likeness (QED) is 0.688. The average molecular weight is 246 g/mol. The normalized spacial score (nSPS) is 31.5. The van der Waals surface area contributed by atoms with Gasteiger partial charge in [0.1, 0.15) is 5.78 Å². The van der Waals surface area contributed by atoms with Gasteiger partial charge in [-0.1, -0.05) is 33.6 Å². The van der Waals surface area contributed by atoms with Crippen molar-refractivity contribution in [2.45, 2.75) is 62.2 Å². The Morgan fingerprint density at radius 1 is 1.27 bits per heavy atom. The van der Waals surface area contributed by atoms with Gasteiger partial charge < -0.3 is 0 Å². The van der Waals surface area contributed by atoms with Crippen LogP contribution in [0.15, 0.2) is 0 Å². The van der Waals surface area contributed by atoms with E-state index >= 15 is 0 Å². The first kappa shape index (κ1) is 13.4. The third kappa shape index (κ3) is 4.39. The van der Waals surface area contributed by atoms with E-state index in [1.807, 2.05) is 23.5 Å². The number of thioether (sulfide) groups is 2. The highest BCUT2D eigenvalue weighted by molar-refractivity contribution is 8.08. The third-order valence-electron chi connectivity index (χ3n) is 2.94. The molecule has 1 aliphatic rings. The van der Waals surface area contributed by atoms with Crippen LogP contribution in [-0.4, -0.2) is 27.3 Å². The summed E-state index contributed by atoms with van der Waals surface area (Å²) in [5.74, 6) is 1.51. The second kappa shape index (κ2) is 6.85. The molecule has 1 rings (SSSR count). The molecule has 0 bridgehead atoms. The van der Waals surface area contributed by atoms with E-state index in [0.29, 0.717) is 16.3 Å². The van der Waals surface area contributed by atoms with Crippen LogP contribution in [0.25, 0.3) is 0 Å². The van der Waals surface area contributed by atoms with Crippen LogP contribution in [0.4, 0.5) is 0 Å². The van der Waals surface area contributed by atoms with Gasteiger partial charge in [0.25, 0.3) is 0 Å². The van der Waals surface area contributed by atoms with Crippen molar-refractivity contribution >= 4 is 29.3 Å². The molecule has 1 heterocycles. The summed E-state index contributed by atoms with van der Waals surface area (Å²) in [5.41, 5.74) is 0. The van der Waals surface area contributed by atoms with E-state index in [1.165, 1.54) is 12.8 Å². The van der Waals surface area contributed by atoms with E-state index in [1.54, 1.807) is 0 Å². The highest BCUT2D eigenvalue weighted by atomic mass is 32.2. The number of ketones is 1. The zero-order valence-electron chi connectivity index (χ0n) is 9.99. The summed E-state index contributed by atoms with van der Waals surface area (Å²) in [5, 5.41) is 1.61. The molecule has 1 saturated heterocycles. The lowest BCUT2D eigenvalue weighted by Crippen LogP contribution is -2.31. The average Bonchev–Trinajstić information content (AvgIpc) is 2.22. The smallest absolute Gasteiger partial charge is 0.146 e. The van der Waals surface area contributed by atoms with Crippen LogP contribution in [-0.2, 0) is 4.79 Å². The summed E-state index contributed by atoms with van der Waals surface area (Å²) in [4.78, 5) is 11.9. The predicted molar refractivity (Wildman–Crippen MR) is 71.9 cm³/mol. The molecule has 0 aromatic carbocycles. The molecule has 1 aliphatic heterocycles. The molecule has 0 N–H and O–H groups in total. The molecule has 3 atom stereocenters. The van der Waals surface area contributed by atoms with Crippen LogP contribution >= 0.6 is 23.5 Å². The molecule has 0 aromatic rings. The molecule has 3 unspecified atom stereocenters. The first-order chi connectivity index (χ1) is 7.15. The molecule has 3 heteroatoms. The summed E-state index contributed by atoms with van der Waals surface area (Å²) < 4.78 is 0. The van der Waals surface area contributed by atoms with Crippen molar-refractivity contribution in [2.24, 2.45) is 0 Å². The number of unbranched alkanes of at least 4 members (excludes halogenated alkanes) is 2. The van der Waals surface area contributed by atoms with E-state index in [-0.39, 0.29) is 5.25 Å². The molecule has 0 amide bonds. The lowest BCUT2D eigenvalue weighted by Gasteiger charge is -2.30. The summed E-state index contributed by atoms with van der Waals surface area (Å²) in [6.45, 7) is 6.69. The Kier molecular flexibility index (Phi) is 6.13. The van der Waals surface area contributed by atoms with Gasteiger partial charge in [0, 0.05) is 22.7 Å². The lowest BCUT2D eigenvalue weighted by molar-refractivity contribution is -0.118. The largest absolute Gasteiger partial charge is 0.298 e. The summed E-state index contributed by atoms with van der Waals surface area (Å²) in [6.07, 6.45) is 4.28. The van der Waals surface area contributed by atoms with Crippen LogP contribution in [0.5, 0.6) is 0 Å². The number of hydrogen-bond donors (Lipinski definition) is 0. The monoisotopic (exact) mass is 246 g/mol. The maximum absolute atomic E-state index is 11.9. The highest BCUT2D eigenvalue weighted by Crippen LogP contribution is 2.36. The second-order valence-electron chi connectivity index (χ2n) is 4.29. The molecule has 0 radical (unpaired) electrons. The Hall–Kier alpha value is 0.370. The Bertz CT molecular complexity index is 206. The maximum atomic E-state index is 11.9. The Morgan fingerprint density at radius 2 is 2.00 bits per heavy atom. The minimum absolute atomic E-state index is 0.276. The zero-order chi connectivity index (χ0) is 11.3. The topological polar surface area (TPSA) is 17.1 Å². The fourth-order valence-electron chi connectivity index (χ4n) is 1.66. The predicted octanol–water partition coefficient (Wildman–Crippen LogP) is 3.76. The lowest BCUT2D eigenvalue weighted by atomic mass is 10.1. The van der Waals surface area contributed by atoms with Crippen molar-refractivity contribution in [3.05, 3.63) is 0 Å². The van der Waals surface area contributed by atoms with E-state index in [9.17, 15) is 4.79 Å². The van der Waals surface area contributed by atoms with Crippen LogP contribution in [0.1, 0.15) is 46.5 Å². The van der Waals surface area contributed by atoms with Gasteiger partial charge in [-0.3, -0.25) is 4.79 Å². The van der Waals surface area contributed by atoms with Gasteiger partial charge in [-0.15, -0.1) is 11.8 Å². The third-order valence-corrected chi connectivity index (χ3v) is 6.38. The number of carbonyl (C=O) groups is 1. The highest BCUT2D eigenvalue weighted by Gasteiger charge is 2.29. The standard InChI is InChI=1S/C12H22OS2/c1-4-5-6-7-11(13)12-8-14-9(2)10(3)15-12/h9-10,12H,4-8H2,1-3H3. The molecule has 0 aromatic heterocycles. The number of hydrogen-bond acceptors (Lipinski definition) is 3. The SMILES string of the molecule is CCCCCC(=O)C1CSC(C)C(C)S1. The summed E-state index contributed by atoms with van der Waals surface area (Å²) >= 11 is 3.85. The van der Waals surface area contributed by atoms with Crippen LogP contribution in [0.2, 0.25) is 0 Å². The van der Waals surface area contributed by atoms with E-state index in [2.05, 4.69) is 20.8 Å². The summed E-state index contributed by atoms with van der Waals surface area (Å²) in [7, 11) is 0. The second-order valence-corrected chi connectivity index (χ2v) is 7.29. The summed E-state index contributed by atoms with van der Waals surface area (Å²) in [6, 6.07) is 0. The van der Waals surface area contributed by atoms with Crippen molar-refractivity contribution in [1.29, 1.82) is 0 Å². The Morgan fingerprint density at radius 3 is 2.60 bits per heavy atom. The van der Waals surface area contributed by atoms with Crippen molar-refractivity contribution in [3.63, 3.8) is 0 Å². The molecule has 15 heavy (non-hydrogen) atoms. The molecule has 88 valence electrons. The minimum atomic E-state index is 0.276. The van der Waals surface area contributed by atoms with Gasteiger partial charge in [0.05, 0.1) is 5.25 Å². The van der Waals surface area contributed by atoms with Crippen molar-refractivity contribution in [2.75, 3.05) is 5.75 Å². The molecular weight excluding hydrogens is 224 g/mol. The number of rotatable bonds is 5. The first-order valence-corrected chi connectivity index (χ1v) is 7.94. The number of carbonyl (C=O) groups excluding carboxylic acids is 1. The zero-order valence-corrected chi connectivity index (χ0v) is 11.6. The van der Waals surface area contributed by atoms with Gasteiger partial charge in [-0.25, -0.2) is 0 Å². The molecule has 1 fully saturated rings. The maximum Gasteiger partial charge on any atom is 0.146 e. The van der Waals surface area contributed by atoms with Crippen LogP contribution in [0, 0.1) is 0 Å². The van der Waals surface area contributed by atoms with Crippen molar-refractivity contribution in [1.82, 2.24) is 0 Å². The van der Waals surface area contributed by atoms with Crippen LogP contribution < -0.4 is 0 Å². The fraction of sp³-hybridized carbons (Fsp3) is 0.917. The molecule has 0 spiro atoms. The minimum Gasteiger partial charge on any atom is -0.298 e. The molecule has 0 aliphatic carbocycles. The van der Waals surface area contributed by atoms with Gasteiger partial charge in [0.2, 0.25) is 0 Å². The molecular formula is C12H22OS2.